The Morgan fingerprint density at radius 1 is 1.22 bits per heavy atom. The van der Waals surface area contributed by atoms with Crippen LogP contribution >= 0.6 is 0 Å². The zero-order valence-electron chi connectivity index (χ0n) is 10.5. The van der Waals surface area contributed by atoms with Gasteiger partial charge in [-0.15, -0.1) is 4.40 Å². The van der Waals surface area contributed by atoms with Crippen molar-refractivity contribution in [2.75, 3.05) is 13.1 Å². The van der Waals surface area contributed by atoms with E-state index in [0.717, 1.165) is 31.8 Å². The zero-order valence-corrected chi connectivity index (χ0v) is 11.3. The molecule has 2 rings (SSSR count). The molecule has 1 heterocycles. The van der Waals surface area contributed by atoms with E-state index in [1.807, 2.05) is 4.90 Å². The van der Waals surface area contributed by atoms with E-state index < -0.39 is 10.0 Å². The maximum absolute atomic E-state index is 11.9. The molecular weight excluding hydrogens is 248 g/mol. The van der Waals surface area contributed by atoms with Crippen molar-refractivity contribution in [3.63, 3.8) is 0 Å². The molecule has 18 heavy (non-hydrogen) atoms. The van der Waals surface area contributed by atoms with E-state index in [2.05, 4.69) is 11.3 Å². The minimum Gasteiger partial charge on any atom is -0.362 e. The molecule has 98 valence electrons. The first-order valence-corrected chi connectivity index (χ1v) is 7.61. The molecule has 0 amide bonds. The molecule has 0 radical (unpaired) electrons. The Morgan fingerprint density at radius 2 is 1.83 bits per heavy atom. The van der Waals surface area contributed by atoms with Gasteiger partial charge in [0, 0.05) is 13.1 Å². The van der Waals surface area contributed by atoms with Crippen molar-refractivity contribution < 1.29 is 8.42 Å². The average Bonchev–Trinajstić information content (AvgIpc) is 2.39. The molecule has 0 N–H and O–H groups in total. The maximum Gasteiger partial charge on any atom is 0.283 e. The van der Waals surface area contributed by atoms with Crippen molar-refractivity contribution in [1.29, 1.82) is 0 Å². The predicted octanol–water partition coefficient (Wildman–Crippen LogP) is 2.14. The van der Waals surface area contributed by atoms with Crippen molar-refractivity contribution in [2.45, 2.75) is 24.7 Å². The van der Waals surface area contributed by atoms with Crippen LogP contribution < -0.4 is 0 Å². The van der Waals surface area contributed by atoms with Gasteiger partial charge in [0.25, 0.3) is 10.0 Å². The van der Waals surface area contributed by atoms with Gasteiger partial charge in [-0.1, -0.05) is 25.1 Å². The van der Waals surface area contributed by atoms with Gasteiger partial charge < -0.3 is 4.90 Å². The Morgan fingerprint density at radius 3 is 2.44 bits per heavy atom. The lowest BCUT2D eigenvalue weighted by Gasteiger charge is -2.28. The molecule has 1 saturated heterocycles. The van der Waals surface area contributed by atoms with Crippen molar-refractivity contribution in [3.8, 4) is 0 Å². The fraction of sp³-hybridized carbons (Fsp3) is 0.462. The van der Waals surface area contributed by atoms with Gasteiger partial charge in [0.1, 0.15) is 6.34 Å². The summed E-state index contributed by atoms with van der Waals surface area (Å²) in [5.41, 5.74) is 0. The van der Waals surface area contributed by atoms with Crippen molar-refractivity contribution in [1.82, 2.24) is 4.90 Å². The molecule has 1 aromatic rings. The van der Waals surface area contributed by atoms with Crippen molar-refractivity contribution >= 4 is 16.4 Å². The van der Waals surface area contributed by atoms with Crippen LogP contribution in [0.3, 0.4) is 0 Å². The second-order valence-electron chi connectivity index (χ2n) is 4.73. The Balaban J connectivity index is 2.05. The van der Waals surface area contributed by atoms with Gasteiger partial charge in [0.15, 0.2) is 0 Å². The minimum atomic E-state index is -3.55. The van der Waals surface area contributed by atoms with E-state index in [1.54, 1.807) is 30.3 Å². The Labute approximate surface area is 108 Å². The third-order valence-corrected chi connectivity index (χ3v) is 4.45. The fourth-order valence-corrected chi connectivity index (χ4v) is 2.81. The molecule has 1 fully saturated rings. The number of likely N-dealkylation sites (tertiary alicyclic amines) is 1. The van der Waals surface area contributed by atoms with E-state index in [9.17, 15) is 8.42 Å². The van der Waals surface area contributed by atoms with Gasteiger partial charge in [-0.3, -0.25) is 0 Å². The molecule has 1 aromatic carbocycles. The van der Waals surface area contributed by atoms with Gasteiger partial charge in [0.05, 0.1) is 4.90 Å². The third kappa shape index (κ3) is 3.32. The first kappa shape index (κ1) is 13.1. The molecule has 0 aliphatic carbocycles. The monoisotopic (exact) mass is 266 g/mol. The smallest absolute Gasteiger partial charge is 0.283 e. The van der Waals surface area contributed by atoms with E-state index >= 15 is 0 Å². The molecule has 1 aliphatic rings. The second-order valence-corrected chi connectivity index (χ2v) is 6.36. The number of sulfonamides is 1. The van der Waals surface area contributed by atoms with Gasteiger partial charge in [-0.25, -0.2) is 0 Å². The zero-order chi connectivity index (χ0) is 13.0. The summed E-state index contributed by atoms with van der Waals surface area (Å²) in [5, 5.41) is 0. The summed E-state index contributed by atoms with van der Waals surface area (Å²) in [7, 11) is -3.55. The summed E-state index contributed by atoms with van der Waals surface area (Å²) >= 11 is 0. The molecule has 0 aromatic heterocycles. The Hall–Kier alpha value is -1.36. The van der Waals surface area contributed by atoms with Crippen molar-refractivity contribution in [3.05, 3.63) is 30.3 Å². The largest absolute Gasteiger partial charge is 0.362 e. The quantitative estimate of drug-likeness (QED) is 0.622. The highest BCUT2D eigenvalue weighted by Gasteiger charge is 2.15. The van der Waals surface area contributed by atoms with Gasteiger partial charge in [-0.2, -0.15) is 8.42 Å². The SMILES string of the molecule is CC1CCN(C=NS(=O)(=O)c2ccccc2)CC1. The maximum atomic E-state index is 11.9. The summed E-state index contributed by atoms with van der Waals surface area (Å²) < 4.78 is 27.6. The molecule has 0 bridgehead atoms. The van der Waals surface area contributed by atoms with E-state index in [0.29, 0.717) is 0 Å². The van der Waals surface area contributed by atoms with E-state index in [-0.39, 0.29) is 4.90 Å². The third-order valence-electron chi connectivity index (χ3n) is 3.21. The number of rotatable bonds is 3. The highest BCUT2D eigenvalue weighted by molar-refractivity contribution is 7.90. The number of hydrogen-bond donors (Lipinski definition) is 0. The van der Waals surface area contributed by atoms with Crippen LogP contribution in [0.1, 0.15) is 19.8 Å². The molecule has 4 nitrogen and oxygen atoms in total. The van der Waals surface area contributed by atoms with Gasteiger partial charge in [0.2, 0.25) is 0 Å². The Bertz CT molecular complexity index is 503. The highest BCUT2D eigenvalue weighted by atomic mass is 32.2. The number of benzene rings is 1. The summed E-state index contributed by atoms with van der Waals surface area (Å²) in [5.74, 6) is 0.723. The minimum absolute atomic E-state index is 0.242. The fourth-order valence-electron chi connectivity index (χ4n) is 1.93. The van der Waals surface area contributed by atoms with Crippen LogP contribution in [-0.2, 0) is 10.0 Å². The normalized spacial score (nSPS) is 18.4. The van der Waals surface area contributed by atoms with Crippen molar-refractivity contribution in [2.24, 2.45) is 10.3 Å². The van der Waals surface area contributed by atoms with Crippen LogP contribution in [0.25, 0.3) is 0 Å². The predicted molar refractivity (Wildman–Crippen MR) is 72.1 cm³/mol. The topological polar surface area (TPSA) is 49.7 Å². The molecule has 0 spiro atoms. The van der Waals surface area contributed by atoms with Crippen LogP contribution in [-0.4, -0.2) is 32.7 Å². The number of hydrogen-bond acceptors (Lipinski definition) is 2. The first-order valence-electron chi connectivity index (χ1n) is 6.17. The summed E-state index contributed by atoms with van der Waals surface area (Å²) in [6.45, 7) is 3.99. The van der Waals surface area contributed by atoms with Crippen LogP contribution in [0.2, 0.25) is 0 Å². The molecule has 1 aliphatic heterocycles. The standard InChI is InChI=1S/C13H18N2O2S/c1-12-7-9-15(10-8-12)11-14-18(16,17)13-5-3-2-4-6-13/h2-6,11-12H,7-10H2,1H3. The molecule has 0 saturated carbocycles. The first-order chi connectivity index (χ1) is 8.58. The van der Waals surface area contributed by atoms with Crippen LogP contribution in [0, 0.1) is 5.92 Å². The number of nitrogens with zero attached hydrogens (tertiary/aromatic N) is 2. The van der Waals surface area contributed by atoms with Gasteiger partial charge >= 0.3 is 0 Å². The van der Waals surface area contributed by atoms with Crippen LogP contribution in [0.5, 0.6) is 0 Å². The lowest BCUT2D eigenvalue weighted by molar-refractivity contribution is 0.287. The lowest BCUT2D eigenvalue weighted by atomic mass is 10.00. The molecule has 0 atom stereocenters. The molecule has 0 unspecified atom stereocenters. The summed E-state index contributed by atoms with van der Waals surface area (Å²) in [4.78, 5) is 2.21. The summed E-state index contributed by atoms with van der Waals surface area (Å²) in [6, 6.07) is 8.31. The van der Waals surface area contributed by atoms with E-state index in [1.165, 1.54) is 6.34 Å². The molecular formula is C13H18N2O2S. The summed E-state index contributed by atoms with van der Waals surface area (Å²) in [6.07, 6.45) is 3.66. The van der Waals surface area contributed by atoms with Crippen LogP contribution in [0.4, 0.5) is 0 Å². The van der Waals surface area contributed by atoms with E-state index in [4.69, 9.17) is 0 Å². The van der Waals surface area contributed by atoms with Crippen LogP contribution in [0.15, 0.2) is 39.6 Å². The molecule has 5 heteroatoms. The number of piperidine rings is 1. The Kier molecular flexibility index (Phi) is 4.01. The highest BCUT2D eigenvalue weighted by Crippen LogP contribution is 2.15. The lowest BCUT2D eigenvalue weighted by Crippen LogP contribution is -2.31. The average molecular weight is 266 g/mol. The second kappa shape index (κ2) is 5.52. The van der Waals surface area contributed by atoms with Gasteiger partial charge in [-0.05, 0) is 30.9 Å².